The van der Waals surface area contributed by atoms with Crippen molar-refractivity contribution < 1.29 is 34.8 Å². The Morgan fingerprint density at radius 1 is 0.907 bits per heavy atom. The molecular weight excluding hydrogens is 691 g/mol. The number of halogens is 4. The fraction of sp³-hybridized carbons (Fsp3) is 0.714. The molecule has 8 nitrogen and oxygen atoms in total. The lowest BCUT2D eigenvalue weighted by atomic mass is 9.98. The second-order valence-electron chi connectivity index (χ2n) is 10.9. The van der Waals surface area contributed by atoms with Crippen LogP contribution in [0.1, 0.15) is 102 Å². The number of unbranched alkanes of at least 4 members (excludes halogenated alkanes) is 11. The summed E-state index contributed by atoms with van der Waals surface area (Å²) >= 11 is 4.27. The molecule has 0 fully saturated rings. The van der Waals surface area contributed by atoms with E-state index >= 15 is 0 Å². The van der Waals surface area contributed by atoms with Crippen LogP contribution in [0.25, 0.3) is 10.2 Å². The van der Waals surface area contributed by atoms with E-state index in [1.165, 1.54) is 32.1 Å². The van der Waals surface area contributed by atoms with E-state index < -0.39 is 61.2 Å². The summed E-state index contributed by atoms with van der Waals surface area (Å²) in [7, 11) is -8.78. The van der Waals surface area contributed by atoms with Crippen molar-refractivity contribution in [1.82, 2.24) is 10.3 Å². The maximum absolute atomic E-state index is 13.8. The molecule has 0 spiro atoms. The zero-order valence-electron chi connectivity index (χ0n) is 24.6. The average molecular weight is 735 g/mol. The van der Waals surface area contributed by atoms with E-state index in [9.17, 15) is 34.8 Å². The standard InChI is InChI=1S/C28H43BrF3N3O5S3/c1-2-3-4-5-6-7-8-9-10-11-12-13-16-27(25(36)34-18-20-43(33,39)40,42(37,38)19-17-28(30,31)32)26-35-23-15-14-22(29)21-24(23)41-26/h14-15,21H,2-13,16-20H2,1H3,(H,34,36)(H2,33,39,40). The number of hydrogen-bond donors (Lipinski definition) is 2. The monoisotopic (exact) mass is 733 g/mol. The first-order valence-corrected chi connectivity index (χ1v) is 19.7. The van der Waals surface area contributed by atoms with Gasteiger partial charge in [-0.2, -0.15) is 13.2 Å². The number of hydrogen-bond acceptors (Lipinski definition) is 7. The minimum absolute atomic E-state index is 0.140. The van der Waals surface area contributed by atoms with Crippen LogP contribution < -0.4 is 10.5 Å². The van der Waals surface area contributed by atoms with Gasteiger partial charge in [-0.1, -0.05) is 99.9 Å². The van der Waals surface area contributed by atoms with Crippen molar-refractivity contribution in [3.8, 4) is 0 Å². The van der Waals surface area contributed by atoms with Crippen molar-refractivity contribution in [3.63, 3.8) is 0 Å². The van der Waals surface area contributed by atoms with Crippen molar-refractivity contribution >= 4 is 63.3 Å². The van der Waals surface area contributed by atoms with Gasteiger partial charge in [-0.3, -0.25) is 4.79 Å². The summed E-state index contributed by atoms with van der Waals surface area (Å²) in [6.45, 7) is 1.68. The largest absolute Gasteiger partial charge is 0.390 e. The molecule has 1 amide bonds. The summed E-state index contributed by atoms with van der Waals surface area (Å²) in [5.74, 6) is -3.07. The Morgan fingerprint density at radius 3 is 2.00 bits per heavy atom. The Morgan fingerprint density at radius 2 is 1.47 bits per heavy atom. The minimum Gasteiger partial charge on any atom is -0.353 e. The second kappa shape index (κ2) is 17.4. The maximum atomic E-state index is 13.8. The molecule has 246 valence electrons. The molecule has 3 N–H and O–H groups in total. The van der Waals surface area contributed by atoms with Crippen LogP contribution in [0, 0.1) is 0 Å². The lowest BCUT2D eigenvalue weighted by Crippen LogP contribution is -2.52. The molecule has 1 aromatic carbocycles. The minimum atomic E-state index is -4.78. The van der Waals surface area contributed by atoms with Crippen LogP contribution in [-0.4, -0.2) is 52.0 Å². The summed E-state index contributed by atoms with van der Waals surface area (Å²) < 4.78 is 89.0. The molecule has 0 aliphatic carbocycles. The normalized spacial score (nSPS) is 14.2. The van der Waals surface area contributed by atoms with Crippen LogP contribution in [0.3, 0.4) is 0 Å². The second-order valence-corrected chi connectivity index (χ2v) is 16.9. The number of nitrogens with zero attached hydrogens (tertiary/aromatic N) is 1. The smallest absolute Gasteiger partial charge is 0.353 e. The highest BCUT2D eigenvalue weighted by molar-refractivity contribution is 9.10. The number of amides is 1. The van der Waals surface area contributed by atoms with Crippen LogP contribution in [0.2, 0.25) is 0 Å². The number of nitrogens with one attached hydrogen (secondary N) is 1. The summed E-state index contributed by atoms with van der Waals surface area (Å²) in [5.41, 5.74) is 0.394. The van der Waals surface area contributed by atoms with E-state index in [1.54, 1.807) is 18.2 Å². The first-order valence-electron chi connectivity index (χ1n) is 14.8. The number of carbonyl (C=O) groups is 1. The van der Waals surface area contributed by atoms with Crippen molar-refractivity contribution in [2.24, 2.45) is 5.14 Å². The molecule has 0 aliphatic rings. The van der Waals surface area contributed by atoms with Gasteiger partial charge in [0.15, 0.2) is 9.84 Å². The molecule has 43 heavy (non-hydrogen) atoms. The zero-order valence-corrected chi connectivity index (χ0v) is 28.6. The number of rotatable bonds is 21. The zero-order chi connectivity index (χ0) is 32.2. The molecule has 2 aromatic rings. The van der Waals surface area contributed by atoms with Gasteiger partial charge in [0.25, 0.3) is 0 Å². The highest BCUT2D eigenvalue weighted by Gasteiger charge is 2.54. The molecule has 2 rings (SSSR count). The SMILES string of the molecule is CCCCCCCCCCCCCCC(C(=O)NCCS(N)(=O)=O)(c1nc2ccc(Br)cc2s1)S(=O)(=O)CCC(F)(F)F. The summed E-state index contributed by atoms with van der Waals surface area (Å²) in [6, 6.07) is 4.99. The highest BCUT2D eigenvalue weighted by Crippen LogP contribution is 2.42. The molecule has 15 heteroatoms. The van der Waals surface area contributed by atoms with E-state index in [-0.39, 0.29) is 17.8 Å². The molecule has 0 aliphatic heterocycles. The Hall–Kier alpha value is -1.29. The number of primary sulfonamides is 1. The van der Waals surface area contributed by atoms with Gasteiger partial charge in [-0.15, -0.1) is 11.3 Å². The number of carbonyl (C=O) groups excluding carboxylic acids is 1. The molecule has 0 saturated heterocycles. The van der Waals surface area contributed by atoms with Gasteiger partial charge >= 0.3 is 6.18 Å². The highest BCUT2D eigenvalue weighted by atomic mass is 79.9. The number of thiazole rings is 1. The van der Waals surface area contributed by atoms with Gasteiger partial charge in [-0.25, -0.2) is 27.0 Å². The topological polar surface area (TPSA) is 136 Å². The number of nitrogens with two attached hydrogens (primary N) is 1. The van der Waals surface area contributed by atoms with Gasteiger partial charge in [0.05, 0.1) is 28.1 Å². The third-order valence-corrected chi connectivity index (χ3v) is 12.3. The third-order valence-electron chi connectivity index (χ3n) is 7.30. The van der Waals surface area contributed by atoms with Crippen LogP contribution in [0.5, 0.6) is 0 Å². The fourth-order valence-corrected chi connectivity index (χ4v) is 9.40. The number of aromatic nitrogens is 1. The molecule has 1 unspecified atom stereocenters. The number of fused-ring (bicyclic) bond motifs is 1. The fourth-order valence-electron chi connectivity index (χ4n) is 4.91. The van der Waals surface area contributed by atoms with Crippen LogP contribution >= 0.6 is 27.3 Å². The van der Waals surface area contributed by atoms with Crippen LogP contribution in [0.4, 0.5) is 13.2 Å². The van der Waals surface area contributed by atoms with E-state index in [4.69, 9.17) is 5.14 Å². The van der Waals surface area contributed by atoms with Crippen molar-refractivity contribution in [3.05, 3.63) is 27.7 Å². The third kappa shape index (κ3) is 12.6. The van der Waals surface area contributed by atoms with E-state index in [0.717, 1.165) is 43.4 Å². The summed E-state index contributed by atoms with van der Waals surface area (Å²) in [4.78, 5) is 18.2. The Labute approximate surface area is 265 Å². The number of alkyl halides is 3. The quantitative estimate of drug-likeness (QED) is 0.131. The van der Waals surface area contributed by atoms with Gasteiger partial charge < -0.3 is 5.32 Å². The number of sulfone groups is 1. The lowest BCUT2D eigenvalue weighted by molar-refractivity contribution is -0.130. The van der Waals surface area contributed by atoms with Crippen LogP contribution in [0.15, 0.2) is 22.7 Å². The molecule has 0 radical (unpaired) electrons. The van der Waals surface area contributed by atoms with Gasteiger partial charge in [-0.05, 0) is 24.6 Å². The number of sulfonamides is 1. The van der Waals surface area contributed by atoms with E-state index in [2.05, 4.69) is 33.2 Å². The van der Waals surface area contributed by atoms with Crippen molar-refractivity contribution in [2.75, 3.05) is 18.1 Å². The molecule has 0 bridgehead atoms. The van der Waals surface area contributed by atoms with Gasteiger partial charge in [0.1, 0.15) is 5.01 Å². The lowest BCUT2D eigenvalue weighted by Gasteiger charge is -2.30. The van der Waals surface area contributed by atoms with Crippen molar-refractivity contribution in [2.45, 2.75) is 108 Å². The predicted octanol–water partition coefficient (Wildman–Crippen LogP) is 7.12. The van der Waals surface area contributed by atoms with Gasteiger partial charge in [0.2, 0.25) is 20.7 Å². The van der Waals surface area contributed by atoms with E-state index in [1.807, 2.05) is 0 Å². The number of benzene rings is 1. The molecular formula is C28H43BrF3N3O5S3. The van der Waals surface area contributed by atoms with Crippen molar-refractivity contribution in [1.29, 1.82) is 0 Å². The predicted molar refractivity (Wildman–Crippen MR) is 170 cm³/mol. The Bertz CT molecular complexity index is 1380. The maximum Gasteiger partial charge on any atom is 0.390 e. The summed E-state index contributed by atoms with van der Waals surface area (Å²) in [5, 5.41) is 7.23. The first-order chi connectivity index (χ1) is 20.1. The Kier molecular flexibility index (Phi) is 15.3. The van der Waals surface area contributed by atoms with Gasteiger partial charge in [0, 0.05) is 11.0 Å². The molecule has 1 aromatic heterocycles. The molecule has 0 saturated carbocycles. The average Bonchev–Trinajstić information content (AvgIpc) is 3.32. The van der Waals surface area contributed by atoms with Crippen LogP contribution in [-0.2, 0) is 29.4 Å². The summed E-state index contributed by atoms with van der Waals surface area (Å²) in [6.07, 6.45) is 5.33. The molecule has 1 atom stereocenters. The molecule has 1 heterocycles. The first kappa shape index (κ1) is 37.9. The Balaban J connectivity index is 2.29. The van der Waals surface area contributed by atoms with E-state index in [0.29, 0.717) is 21.1 Å².